The molecule has 1 fully saturated rings. The molecule has 3 aromatic heterocycles. The molecule has 0 atom stereocenters. The topological polar surface area (TPSA) is 89.0 Å². The lowest BCUT2D eigenvalue weighted by Crippen LogP contribution is -2.46. The molecule has 1 aromatic carbocycles. The fourth-order valence-electron chi connectivity index (χ4n) is 4.89. The molecule has 4 heterocycles. The highest BCUT2D eigenvalue weighted by Gasteiger charge is 2.21. The molecule has 0 radical (unpaired) electrons. The van der Waals surface area contributed by atoms with E-state index in [1.165, 1.54) is 0 Å². The summed E-state index contributed by atoms with van der Waals surface area (Å²) in [6.45, 7) is 6.38. The number of aromatic nitrogens is 3. The zero-order valence-corrected chi connectivity index (χ0v) is 20.6. The lowest BCUT2D eigenvalue weighted by atomic mass is 10.1. The van der Waals surface area contributed by atoms with E-state index in [0.29, 0.717) is 5.56 Å². The number of aryl methyl sites for hydroxylation is 1. The van der Waals surface area contributed by atoms with Gasteiger partial charge in [0.05, 0.1) is 22.4 Å². The van der Waals surface area contributed by atoms with Gasteiger partial charge in [0.2, 0.25) is 0 Å². The van der Waals surface area contributed by atoms with Crippen LogP contribution in [0.1, 0.15) is 21.5 Å². The van der Waals surface area contributed by atoms with E-state index in [1.807, 2.05) is 57.5 Å². The Morgan fingerprint density at radius 2 is 1.91 bits per heavy atom. The molecule has 9 nitrogen and oxygen atoms in total. The molecule has 0 saturated carbocycles. The highest BCUT2D eigenvalue weighted by Crippen LogP contribution is 2.30. The van der Waals surface area contributed by atoms with Crippen LogP contribution < -0.4 is 20.8 Å². The van der Waals surface area contributed by atoms with Crippen LogP contribution in [0.4, 0.5) is 11.4 Å². The molecule has 0 aliphatic carbocycles. The van der Waals surface area contributed by atoms with Gasteiger partial charge in [0.1, 0.15) is 5.52 Å². The average Bonchev–Trinajstić information content (AvgIpc) is 3.26. The van der Waals surface area contributed by atoms with Crippen molar-refractivity contribution in [3.05, 3.63) is 69.9 Å². The minimum Gasteiger partial charge on any atom is -0.376 e. The molecule has 0 spiro atoms. The third-order valence-corrected chi connectivity index (χ3v) is 6.78. The molecule has 2 N–H and O–H groups in total. The van der Waals surface area contributed by atoms with E-state index in [9.17, 15) is 9.59 Å². The number of amides is 1. The number of benzene rings is 1. The molecule has 5 rings (SSSR count). The molecule has 182 valence electrons. The number of piperazine rings is 1. The molecular formula is C26H31N7O2. The number of fused-ring (bicyclic) bond motifs is 3. The van der Waals surface area contributed by atoms with Crippen LogP contribution in [0.25, 0.3) is 16.6 Å². The van der Waals surface area contributed by atoms with Gasteiger partial charge < -0.3 is 20.1 Å². The van der Waals surface area contributed by atoms with Gasteiger partial charge in [-0.2, -0.15) is 0 Å². The lowest BCUT2D eigenvalue weighted by Gasteiger charge is -2.37. The number of nitrogens with zero attached hydrogens (tertiary/aromatic N) is 5. The third kappa shape index (κ3) is 4.23. The first-order valence-corrected chi connectivity index (χ1v) is 11.8. The summed E-state index contributed by atoms with van der Waals surface area (Å²) in [6.07, 6.45) is 3.70. The Kier molecular flexibility index (Phi) is 5.94. The van der Waals surface area contributed by atoms with Crippen LogP contribution in [0.15, 0.2) is 47.5 Å². The number of carbonyl (C=O) groups is 1. The van der Waals surface area contributed by atoms with Gasteiger partial charge in [-0.1, -0.05) is 0 Å². The van der Waals surface area contributed by atoms with Gasteiger partial charge in [0, 0.05) is 71.8 Å². The number of H-pyrrole nitrogens is 1. The van der Waals surface area contributed by atoms with Crippen LogP contribution in [0.3, 0.4) is 0 Å². The zero-order chi connectivity index (χ0) is 24.7. The van der Waals surface area contributed by atoms with Crippen molar-refractivity contribution in [2.45, 2.75) is 13.5 Å². The minimum absolute atomic E-state index is 0.0809. The lowest BCUT2D eigenvalue weighted by molar-refractivity contribution is 0.0963. The van der Waals surface area contributed by atoms with Gasteiger partial charge in [0.25, 0.3) is 5.91 Å². The van der Waals surface area contributed by atoms with Gasteiger partial charge >= 0.3 is 5.69 Å². The molecule has 4 aromatic rings. The Morgan fingerprint density at radius 1 is 1.14 bits per heavy atom. The van der Waals surface area contributed by atoms with Gasteiger partial charge in [-0.3, -0.25) is 19.1 Å². The average molecular weight is 474 g/mol. The second kappa shape index (κ2) is 9.07. The van der Waals surface area contributed by atoms with Crippen molar-refractivity contribution < 1.29 is 4.79 Å². The first-order valence-electron chi connectivity index (χ1n) is 11.8. The standard InChI is InChI=1S/C26H31N7O2/c1-17-7-8-33-24(17)23-20(29-26(33)35)13-18(15-28-23)16-31-9-11-32(12-10-31)21-6-5-19(25(34)27-2)14-22(21)30(3)4/h5-8,13-15H,9-12,16H2,1-4H3,(H,27,34)(H,29,35). The number of anilines is 2. The van der Waals surface area contributed by atoms with Crippen LogP contribution >= 0.6 is 0 Å². The van der Waals surface area contributed by atoms with E-state index in [-0.39, 0.29) is 11.6 Å². The Bertz CT molecular complexity index is 1460. The molecular weight excluding hydrogens is 442 g/mol. The molecule has 35 heavy (non-hydrogen) atoms. The van der Waals surface area contributed by atoms with Crippen LogP contribution in [0.2, 0.25) is 0 Å². The third-order valence-electron chi connectivity index (χ3n) is 6.78. The molecule has 1 aliphatic heterocycles. The summed E-state index contributed by atoms with van der Waals surface area (Å²) in [5.74, 6) is -0.0809. The summed E-state index contributed by atoms with van der Waals surface area (Å²) in [4.78, 5) is 39.1. The number of hydrogen-bond acceptors (Lipinski definition) is 6. The van der Waals surface area contributed by atoms with Crippen molar-refractivity contribution in [2.75, 3.05) is 57.1 Å². The number of nitrogens with one attached hydrogen (secondary N) is 2. The maximum Gasteiger partial charge on any atom is 0.330 e. The van der Waals surface area contributed by atoms with E-state index in [4.69, 9.17) is 4.98 Å². The summed E-state index contributed by atoms with van der Waals surface area (Å²) in [5.41, 5.74) is 7.26. The van der Waals surface area contributed by atoms with Crippen LogP contribution in [-0.2, 0) is 6.54 Å². The largest absolute Gasteiger partial charge is 0.376 e. The fourth-order valence-corrected chi connectivity index (χ4v) is 4.89. The molecule has 9 heteroatoms. The minimum atomic E-state index is -0.146. The second-order valence-electron chi connectivity index (χ2n) is 9.33. The number of aromatic amines is 1. The van der Waals surface area contributed by atoms with E-state index in [0.717, 1.165) is 71.8 Å². The quantitative estimate of drug-likeness (QED) is 0.462. The van der Waals surface area contributed by atoms with Crippen LogP contribution in [0.5, 0.6) is 0 Å². The van der Waals surface area contributed by atoms with Crippen molar-refractivity contribution >= 4 is 33.8 Å². The molecule has 1 saturated heterocycles. The van der Waals surface area contributed by atoms with Gasteiger partial charge in [-0.25, -0.2) is 4.79 Å². The number of carbonyl (C=O) groups excluding carboxylic acids is 1. The fraction of sp³-hybridized carbons (Fsp3) is 0.346. The second-order valence-corrected chi connectivity index (χ2v) is 9.33. The van der Waals surface area contributed by atoms with Crippen LogP contribution in [0, 0.1) is 6.92 Å². The predicted molar refractivity (Wildman–Crippen MR) is 140 cm³/mol. The Morgan fingerprint density at radius 3 is 2.63 bits per heavy atom. The summed E-state index contributed by atoms with van der Waals surface area (Å²) < 4.78 is 1.62. The summed E-state index contributed by atoms with van der Waals surface area (Å²) in [6, 6.07) is 9.87. The summed E-state index contributed by atoms with van der Waals surface area (Å²) in [7, 11) is 5.65. The Balaban J connectivity index is 1.31. The maximum atomic E-state index is 12.5. The predicted octanol–water partition coefficient (Wildman–Crippen LogP) is 2.23. The van der Waals surface area contributed by atoms with E-state index >= 15 is 0 Å². The van der Waals surface area contributed by atoms with E-state index < -0.39 is 0 Å². The van der Waals surface area contributed by atoms with Gasteiger partial charge in [0.15, 0.2) is 0 Å². The normalized spacial score (nSPS) is 14.6. The molecule has 0 unspecified atom stereocenters. The maximum absolute atomic E-state index is 12.5. The number of hydrogen-bond donors (Lipinski definition) is 2. The SMILES string of the molecule is CNC(=O)c1ccc(N2CCN(Cc3cnc4c(c3)[nH]c(=O)n3ccc(C)c43)CC2)c(N(C)C)c1. The monoisotopic (exact) mass is 473 g/mol. The highest BCUT2D eigenvalue weighted by atomic mass is 16.1. The van der Waals surface area contributed by atoms with Crippen LogP contribution in [-0.4, -0.2) is 72.5 Å². The summed E-state index contributed by atoms with van der Waals surface area (Å²) in [5, 5.41) is 2.70. The van der Waals surface area contributed by atoms with E-state index in [1.54, 1.807) is 17.6 Å². The first kappa shape index (κ1) is 22.9. The molecule has 0 bridgehead atoms. The van der Waals surface area contributed by atoms with E-state index in [2.05, 4.69) is 25.0 Å². The smallest absolute Gasteiger partial charge is 0.330 e. The van der Waals surface area contributed by atoms with Crippen molar-refractivity contribution in [1.29, 1.82) is 0 Å². The van der Waals surface area contributed by atoms with Gasteiger partial charge in [-0.15, -0.1) is 0 Å². The highest BCUT2D eigenvalue weighted by molar-refractivity contribution is 5.96. The van der Waals surface area contributed by atoms with Crippen molar-refractivity contribution in [1.82, 2.24) is 24.6 Å². The van der Waals surface area contributed by atoms with Crippen molar-refractivity contribution in [3.8, 4) is 0 Å². The molecule has 1 amide bonds. The zero-order valence-electron chi connectivity index (χ0n) is 20.6. The Labute approximate surface area is 204 Å². The van der Waals surface area contributed by atoms with Crippen molar-refractivity contribution in [3.63, 3.8) is 0 Å². The number of pyridine rings is 1. The van der Waals surface area contributed by atoms with Crippen molar-refractivity contribution in [2.24, 2.45) is 0 Å². The summed E-state index contributed by atoms with van der Waals surface area (Å²) >= 11 is 0. The Hall–Kier alpha value is -3.85. The molecule has 1 aliphatic rings. The first-order chi connectivity index (χ1) is 16.9. The van der Waals surface area contributed by atoms with Gasteiger partial charge in [-0.05, 0) is 48.4 Å². The number of rotatable bonds is 5.